The number of hydrogen-bond acceptors (Lipinski definition) is 5. The van der Waals surface area contributed by atoms with Crippen molar-refractivity contribution in [3.05, 3.63) is 30.5 Å². The fraction of sp³-hybridized carbons (Fsp3) is 0.182. The third-order valence-corrected chi connectivity index (χ3v) is 3.06. The van der Waals surface area contributed by atoms with E-state index in [1.165, 1.54) is 16.4 Å². The molecule has 0 saturated heterocycles. The van der Waals surface area contributed by atoms with Crippen molar-refractivity contribution in [2.75, 3.05) is 16.8 Å². The van der Waals surface area contributed by atoms with Gasteiger partial charge in [-0.1, -0.05) is 10.7 Å². The summed E-state index contributed by atoms with van der Waals surface area (Å²) in [5.74, 6) is 0.461. The van der Waals surface area contributed by atoms with Crippen LogP contribution in [0.4, 0.5) is 11.6 Å². The highest BCUT2D eigenvalue weighted by Crippen LogP contribution is 2.20. The SMILES string of the molecule is C[n+]1cc(NC(=O)CSc2cccc(N)c2)on1. The van der Waals surface area contributed by atoms with E-state index in [9.17, 15) is 4.79 Å². The molecule has 94 valence electrons. The number of nitrogens with zero attached hydrogens (tertiary/aromatic N) is 2. The van der Waals surface area contributed by atoms with Crippen LogP contribution in [0.3, 0.4) is 0 Å². The quantitative estimate of drug-likeness (QED) is 0.485. The molecule has 0 saturated carbocycles. The number of carbonyl (C=O) groups excluding carboxylic acids is 1. The smallest absolute Gasteiger partial charge is 0.302 e. The number of nitrogen functional groups attached to an aromatic ring is 1. The van der Waals surface area contributed by atoms with Gasteiger partial charge in [-0.25, -0.2) is 0 Å². The molecule has 0 atom stereocenters. The van der Waals surface area contributed by atoms with E-state index < -0.39 is 0 Å². The number of thioether (sulfide) groups is 1. The topological polar surface area (TPSA) is 85.0 Å². The highest BCUT2D eigenvalue weighted by atomic mass is 32.2. The first-order valence-electron chi connectivity index (χ1n) is 5.24. The van der Waals surface area contributed by atoms with Gasteiger partial charge in [-0.05, 0) is 18.2 Å². The largest absolute Gasteiger partial charge is 0.399 e. The summed E-state index contributed by atoms with van der Waals surface area (Å²) in [6, 6.07) is 7.39. The molecular weight excluding hydrogens is 252 g/mol. The second-order valence-electron chi connectivity index (χ2n) is 3.65. The number of aryl methyl sites for hydroxylation is 1. The van der Waals surface area contributed by atoms with Crippen molar-refractivity contribution in [3.63, 3.8) is 0 Å². The minimum atomic E-state index is -0.154. The zero-order valence-electron chi connectivity index (χ0n) is 9.79. The van der Waals surface area contributed by atoms with E-state index in [2.05, 4.69) is 10.6 Å². The van der Waals surface area contributed by atoms with Crippen molar-refractivity contribution in [1.82, 2.24) is 5.27 Å². The number of carbonyl (C=O) groups is 1. The van der Waals surface area contributed by atoms with E-state index in [4.69, 9.17) is 10.3 Å². The van der Waals surface area contributed by atoms with Crippen LogP contribution in [0.2, 0.25) is 0 Å². The summed E-state index contributed by atoms with van der Waals surface area (Å²) in [7, 11) is 1.71. The van der Waals surface area contributed by atoms with Gasteiger partial charge in [0.25, 0.3) is 6.20 Å². The maximum absolute atomic E-state index is 11.6. The summed E-state index contributed by atoms with van der Waals surface area (Å²) in [4.78, 5) is 12.6. The number of nitrogens with two attached hydrogens (primary N) is 1. The van der Waals surface area contributed by atoms with Crippen LogP contribution < -0.4 is 15.7 Å². The van der Waals surface area contributed by atoms with E-state index >= 15 is 0 Å². The van der Waals surface area contributed by atoms with Crippen LogP contribution in [-0.2, 0) is 11.8 Å². The van der Waals surface area contributed by atoms with Gasteiger partial charge in [-0.15, -0.1) is 11.8 Å². The molecule has 6 nitrogen and oxygen atoms in total. The molecule has 2 rings (SSSR count). The fourth-order valence-corrected chi connectivity index (χ4v) is 2.07. The van der Waals surface area contributed by atoms with Gasteiger partial charge in [0.15, 0.2) is 12.3 Å². The van der Waals surface area contributed by atoms with Crippen molar-refractivity contribution in [2.45, 2.75) is 4.90 Å². The maximum Gasteiger partial charge on any atom is 0.302 e. The molecule has 0 spiro atoms. The van der Waals surface area contributed by atoms with E-state index in [0.717, 1.165) is 4.90 Å². The van der Waals surface area contributed by atoms with Gasteiger partial charge < -0.3 is 5.73 Å². The van der Waals surface area contributed by atoms with Gasteiger partial charge in [0, 0.05) is 10.6 Å². The van der Waals surface area contributed by atoms with Crippen LogP contribution >= 0.6 is 11.8 Å². The molecule has 18 heavy (non-hydrogen) atoms. The lowest BCUT2D eigenvalue weighted by Gasteiger charge is -2.01. The van der Waals surface area contributed by atoms with Crippen LogP contribution in [0.25, 0.3) is 0 Å². The summed E-state index contributed by atoms with van der Waals surface area (Å²) in [5.41, 5.74) is 6.33. The van der Waals surface area contributed by atoms with Gasteiger partial charge in [-0.2, -0.15) is 0 Å². The van der Waals surface area contributed by atoms with E-state index in [0.29, 0.717) is 11.6 Å². The van der Waals surface area contributed by atoms with Gasteiger partial charge in [0.2, 0.25) is 5.91 Å². The third kappa shape index (κ3) is 3.49. The second-order valence-corrected chi connectivity index (χ2v) is 4.70. The number of nitrogens with one attached hydrogen (secondary N) is 1. The number of rotatable bonds is 4. The van der Waals surface area contributed by atoms with Crippen molar-refractivity contribution in [3.8, 4) is 0 Å². The molecule has 1 amide bonds. The molecule has 1 heterocycles. The van der Waals surface area contributed by atoms with Crippen LogP contribution in [0, 0.1) is 0 Å². The van der Waals surface area contributed by atoms with Gasteiger partial charge in [-0.3, -0.25) is 14.6 Å². The molecule has 1 aromatic heterocycles. The lowest BCUT2D eigenvalue weighted by molar-refractivity contribution is -0.739. The second kappa shape index (κ2) is 5.54. The predicted octanol–water partition coefficient (Wildman–Crippen LogP) is 0.812. The summed E-state index contributed by atoms with van der Waals surface area (Å²) in [5, 5.41) is 6.21. The first kappa shape index (κ1) is 12.4. The first-order valence-corrected chi connectivity index (χ1v) is 6.23. The standard InChI is InChI=1S/C11H12N4O2S/c1-15-6-11(17-14-15)13-10(16)7-18-9-4-2-3-8(12)5-9/h2-6H,7,12H2,1H3/p+1. The highest BCUT2D eigenvalue weighted by Gasteiger charge is 2.10. The average Bonchev–Trinajstić information content (AvgIpc) is 2.72. The van der Waals surface area contributed by atoms with Crippen LogP contribution in [0.1, 0.15) is 0 Å². The minimum absolute atomic E-state index is 0.154. The van der Waals surface area contributed by atoms with E-state index in [1.807, 2.05) is 18.2 Å². The van der Waals surface area contributed by atoms with Gasteiger partial charge in [0.05, 0.1) is 5.75 Å². The molecule has 2 aromatic rings. The van der Waals surface area contributed by atoms with Crippen LogP contribution in [-0.4, -0.2) is 16.9 Å². The molecular formula is C11H13N4O2S+. The molecule has 3 N–H and O–H groups in total. The normalized spacial score (nSPS) is 10.3. The minimum Gasteiger partial charge on any atom is -0.399 e. The Balaban J connectivity index is 1.85. The molecule has 0 aliphatic carbocycles. The monoisotopic (exact) mass is 265 g/mol. The number of aromatic nitrogens is 2. The summed E-state index contributed by atoms with van der Waals surface area (Å²) in [6.07, 6.45) is 1.59. The number of anilines is 2. The van der Waals surface area contributed by atoms with Crippen molar-refractivity contribution in [1.29, 1.82) is 0 Å². The Morgan fingerprint density at radius 2 is 2.44 bits per heavy atom. The van der Waals surface area contributed by atoms with Gasteiger partial charge in [0.1, 0.15) is 0 Å². The summed E-state index contributed by atoms with van der Waals surface area (Å²) >= 11 is 1.41. The number of amides is 1. The summed E-state index contributed by atoms with van der Waals surface area (Å²) < 4.78 is 6.33. The molecule has 1 aromatic carbocycles. The Kier molecular flexibility index (Phi) is 3.83. The number of hydrogen-bond donors (Lipinski definition) is 2. The fourth-order valence-electron chi connectivity index (χ4n) is 1.31. The zero-order valence-corrected chi connectivity index (χ0v) is 10.6. The molecule has 0 radical (unpaired) electrons. The van der Waals surface area contributed by atoms with Crippen LogP contribution in [0.5, 0.6) is 0 Å². The zero-order chi connectivity index (χ0) is 13.0. The lowest BCUT2D eigenvalue weighted by atomic mass is 10.3. The molecule has 7 heteroatoms. The predicted molar refractivity (Wildman–Crippen MR) is 67.9 cm³/mol. The van der Waals surface area contributed by atoms with Crippen molar-refractivity contribution < 1.29 is 14.0 Å². The Hall–Kier alpha value is -2.02. The van der Waals surface area contributed by atoms with Gasteiger partial charge >= 0.3 is 5.88 Å². The Morgan fingerprint density at radius 1 is 1.61 bits per heavy atom. The van der Waals surface area contributed by atoms with E-state index in [1.54, 1.807) is 19.3 Å². The molecule has 0 aliphatic rings. The molecule has 0 bridgehead atoms. The van der Waals surface area contributed by atoms with E-state index in [-0.39, 0.29) is 11.7 Å². The third-order valence-electron chi connectivity index (χ3n) is 2.06. The Morgan fingerprint density at radius 3 is 3.11 bits per heavy atom. The van der Waals surface area contributed by atoms with Crippen molar-refractivity contribution >= 4 is 29.2 Å². The molecule has 0 aliphatic heterocycles. The van der Waals surface area contributed by atoms with Crippen LogP contribution in [0.15, 0.2) is 39.9 Å². The lowest BCUT2D eigenvalue weighted by Crippen LogP contribution is -2.28. The Labute approximate surface area is 108 Å². The average molecular weight is 265 g/mol. The molecule has 0 unspecified atom stereocenters. The maximum atomic E-state index is 11.6. The Bertz CT molecular complexity index is 555. The van der Waals surface area contributed by atoms with Crippen molar-refractivity contribution in [2.24, 2.45) is 7.05 Å². The highest BCUT2D eigenvalue weighted by molar-refractivity contribution is 8.00. The number of benzene rings is 1. The summed E-state index contributed by atoms with van der Waals surface area (Å²) in [6.45, 7) is 0. The molecule has 0 fully saturated rings. The first-order chi connectivity index (χ1) is 8.63.